The molecule has 0 bridgehead atoms. The zero-order chi connectivity index (χ0) is 19.9. The number of fused-ring (bicyclic) bond motifs is 1. The third-order valence-corrected chi connectivity index (χ3v) is 4.72. The molecule has 0 amide bonds. The number of aromatic nitrogens is 2. The summed E-state index contributed by atoms with van der Waals surface area (Å²) in [5.74, 6) is -1.44. The Morgan fingerprint density at radius 1 is 1.11 bits per heavy atom. The number of allylic oxidation sites excluding steroid dienone is 2. The minimum Gasteiger partial charge on any atom is -0.468 e. The third kappa shape index (κ3) is 4.19. The number of benzene rings is 1. The van der Waals surface area contributed by atoms with Crippen molar-refractivity contribution in [3.05, 3.63) is 59.9 Å². The first-order chi connectivity index (χ1) is 13.7. The molecule has 0 saturated carbocycles. The molecule has 0 unspecified atom stereocenters. The van der Waals surface area contributed by atoms with Gasteiger partial charge in [-0.05, 0) is 36.5 Å². The molecule has 1 aliphatic heterocycles. The summed E-state index contributed by atoms with van der Waals surface area (Å²) >= 11 is 0. The predicted molar refractivity (Wildman–Crippen MR) is 104 cm³/mol. The zero-order valence-corrected chi connectivity index (χ0v) is 16.0. The van der Waals surface area contributed by atoms with Crippen molar-refractivity contribution >= 4 is 23.6 Å². The first-order valence-electron chi connectivity index (χ1n) is 9.11. The van der Waals surface area contributed by atoms with E-state index in [1.54, 1.807) is 18.5 Å². The van der Waals surface area contributed by atoms with Gasteiger partial charge >= 0.3 is 11.9 Å². The molecule has 0 saturated heterocycles. The van der Waals surface area contributed by atoms with E-state index in [4.69, 9.17) is 0 Å². The molecule has 0 fully saturated rings. The summed E-state index contributed by atoms with van der Waals surface area (Å²) < 4.78 is 9.36. The Balaban J connectivity index is 1.74. The highest BCUT2D eigenvalue weighted by Crippen LogP contribution is 2.36. The molecule has 0 radical (unpaired) electrons. The predicted octanol–water partition coefficient (Wildman–Crippen LogP) is 2.62. The molecule has 2 heterocycles. The number of para-hydroxylation sites is 1. The van der Waals surface area contributed by atoms with Crippen molar-refractivity contribution in [2.24, 2.45) is 5.92 Å². The van der Waals surface area contributed by atoms with E-state index >= 15 is 0 Å². The van der Waals surface area contributed by atoms with Crippen LogP contribution in [0.15, 0.2) is 48.8 Å². The molecule has 3 rings (SSSR count). The Bertz CT molecular complexity index is 851. The molecule has 7 nitrogen and oxygen atoms in total. The SMILES string of the molecule is COC(=O)C(CC=CCc1cccc2c1N(c1ncccn1)CC2)C(=O)OC. The van der Waals surface area contributed by atoms with Crippen molar-refractivity contribution in [3.63, 3.8) is 0 Å². The van der Waals surface area contributed by atoms with E-state index in [-0.39, 0.29) is 6.42 Å². The fraction of sp³-hybridized carbons (Fsp3) is 0.333. The first kappa shape index (κ1) is 19.5. The molecule has 1 aliphatic rings. The van der Waals surface area contributed by atoms with E-state index in [1.807, 2.05) is 18.2 Å². The van der Waals surface area contributed by atoms with Crippen molar-refractivity contribution in [2.75, 3.05) is 25.7 Å². The van der Waals surface area contributed by atoms with E-state index in [2.05, 4.69) is 36.5 Å². The van der Waals surface area contributed by atoms with Gasteiger partial charge in [0.15, 0.2) is 5.92 Å². The molecule has 7 heteroatoms. The molecule has 0 aliphatic carbocycles. The van der Waals surface area contributed by atoms with Crippen LogP contribution >= 0.6 is 0 Å². The molecular weight excluding hydrogens is 358 g/mol. The van der Waals surface area contributed by atoms with Gasteiger partial charge in [0.2, 0.25) is 5.95 Å². The monoisotopic (exact) mass is 381 g/mol. The van der Waals surface area contributed by atoms with E-state index in [0.717, 1.165) is 24.2 Å². The summed E-state index contributed by atoms with van der Waals surface area (Å²) in [6.07, 6.45) is 9.09. The Hall–Kier alpha value is -3.22. The molecule has 0 N–H and O–H groups in total. The highest BCUT2D eigenvalue weighted by molar-refractivity contribution is 5.94. The van der Waals surface area contributed by atoms with Crippen LogP contribution in [0, 0.1) is 5.92 Å². The van der Waals surface area contributed by atoms with E-state index in [0.29, 0.717) is 12.4 Å². The van der Waals surface area contributed by atoms with Crippen molar-refractivity contribution in [1.29, 1.82) is 0 Å². The summed E-state index contributed by atoms with van der Waals surface area (Å²) in [7, 11) is 2.52. The average Bonchev–Trinajstić information content (AvgIpc) is 3.18. The average molecular weight is 381 g/mol. The van der Waals surface area contributed by atoms with Gasteiger partial charge in [0.1, 0.15) is 0 Å². The highest BCUT2D eigenvalue weighted by Gasteiger charge is 2.27. The van der Waals surface area contributed by atoms with Gasteiger partial charge in [0.25, 0.3) is 0 Å². The van der Waals surface area contributed by atoms with Crippen LogP contribution < -0.4 is 4.90 Å². The summed E-state index contributed by atoms with van der Waals surface area (Å²) in [5, 5.41) is 0. The van der Waals surface area contributed by atoms with Crippen LogP contribution in [-0.2, 0) is 31.9 Å². The second-order valence-electron chi connectivity index (χ2n) is 6.39. The smallest absolute Gasteiger partial charge is 0.320 e. The lowest BCUT2D eigenvalue weighted by molar-refractivity contribution is -0.158. The minimum atomic E-state index is -0.943. The lowest BCUT2D eigenvalue weighted by Gasteiger charge is -2.19. The molecule has 1 aromatic carbocycles. The number of methoxy groups -OCH3 is 2. The van der Waals surface area contributed by atoms with Crippen molar-refractivity contribution < 1.29 is 19.1 Å². The lowest BCUT2D eigenvalue weighted by atomic mass is 10.0. The summed E-state index contributed by atoms with van der Waals surface area (Å²) in [6.45, 7) is 0.840. The van der Waals surface area contributed by atoms with Crippen molar-refractivity contribution in [1.82, 2.24) is 9.97 Å². The number of carbonyl (C=O) groups is 2. The van der Waals surface area contributed by atoms with E-state index < -0.39 is 17.9 Å². The van der Waals surface area contributed by atoms with Crippen LogP contribution in [0.2, 0.25) is 0 Å². The second kappa shape index (κ2) is 9.12. The maximum Gasteiger partial charge on any atom is 0.320 e. The summed E-state index contributed by atoms with van der Waals surface area (Å²) in [4.78, 5) is 34.4. The Morgan fingerprint density at radius 3 is 2.50 bits per heavy atom. The number of hydrogen-bond donors (Lipinski definition) is 0. The van der Waals surface area contributed by atoms with Crippen molar-refractivity contribution in [3.8, 4) is 0 Å². The van der Waals surface area contributed by atoms with Gasteiger partial charge in [-0.15, -0.1) is 0 Å². The molecule has 28 heavy (non-hydrogen) atoms. The van der Waals surface area contributed by atoms with E-state index in [9.17, 15) is 9.59 Å². The second-order valence-corrected chi connectivity index (χ2v) is 6.39. The van der Waals surface area contributed by atoms with Gasteiger partial charge in [-0.3, -0.25) is 9.59 Å². The maximum atomic E-state index is 11.8. The highest BCUT2D eigenvalue weighted by atomic mass is 16.5. The third-order valence-electron chi connectivity index (χ3n) is 4.72. The fourth-order valence-electron chi connectivity index (χ4n) is 3.35. The number of carbonyl (C=O) groups excluding carboxylic acids is 2. The Morgan fingerprint density at radius 2 is 1.82 bits per heavy atom. The normalized spacial score (nSPS) is 13.0. The van der Waals surface area contributed by atoms with Gasteiger partial charge in [-0.1, -0.05) is 30.4 Å². The molecular formula is C21H23N3O4. The molecule has 1 aromatic heterocycles. The number of ether oxygens (including phenoxy) is 2. The number of hydrogen-bond acceptors (Lipinski definition) is 7. The number of rotatable bonds is 7. The van der Waals surface area contributed by atoms with Crippen LogP contribution in [0.25, 0.3) is 0 Å². The van der Waals surface area contributed by atoms with Gasteiger partial charge in [-0.2, -0.15) is 0 Å². The van der Waals surface area contributed by atoms with Crippen LogP contribution in [0.1, 0.15) is 17.5 Å². The number of nitrogens with zero attached hydrogens (tertiary/aromatic N) is 3. The molecule has 0 spiro atoms. The number of esters is 2. The molecule has 2 aromatic rings. The lowest BCUT2D eigenvalue weighted by Crippen LogP contribution is -2.25. The van der Waals surface area contributed by atoms with Crippen LogP contribution in [0.3, 0.4) is 0 Å². The van der Waals surface area contributed by atoms with Crippen LogP contribution in [0.5, 0.6) is 0 Å². The fourth-order valence-corrected chi connectivity index (χ4v) is 3.35. The van der Waals surface area contributed by atoms with Gasteiger partial charge in [0, 0.05) is 18.9 Å². The zero-order valence-electron chi connectivity index (χ0n) is 16.0. The van der Waals surface area contributed by atoms with Crippen molar-refractivity contribution in [2.45, 2.75) is 19.3 Å². The molecule has 0 atom stereocenters. The largest absolute Gasteiger partial charge is 0.468 e. The summed E-state index contributed by atoms with van der Waals surface area (Å²) in [6, 6.07) is 8.04. The standard InChI is InChI=1S/C21H23N3O4/c1-27-19(25)17(20(26)28-2)10-4-3-7-15-8-5-9-16-11-14-24(18(15)16)21-22-12-6-13-23-21/h3-6,8-9,12-13,17H,7,10-11,14H2,1-2H3. The quantitative estimate of drug-likeness (QED) is 0.414. The topological polar surface area (TPSA) is 81.6 Å². The first-order valence-corrected chi connectivity index (χ1v) is 9.11. The van der Waals surface area contributed by atoms with Gasteiger partial charge in [-0.25, -0.2) is 9.97 Å². The van der Waals surface area contributed by atoms with E-state index in [1.165, 1.54) is 19.8 Å². The minimum absolute atomic E-state index is 0.236. The number of anilines is 2. The van der Waals surface area contributed by atoms with Crippen LogP contribution in [0.4, 0.5) is 11.6 Å². The molecule has 146 valence electrons. The Labute approximate surface area is 164 Å². The Kier molecular flexibility index (Phi) is 6.37. The van der Waals surface area contributed by atoms with Gasteiger partial charge < -0.3 is 14.4 Å². The van der Waals surface area contributed by atoms with Crippen LogP contribution in [-0.4, -0.2) is 42.7 Å². The maximum absolute atomic E-state index is 11.8. The summed E-state index contributed by atoms with van der Waals surface area (Å²) in [5.41, 5.74) is 3.54. The van der Waals surface area contributed by atoms with Gasteiger partial charge in [0.05, 0.1) is 19.9 Å².